The number of halogens is 2. The van der Waals surface area contributed by atoms with Gasteiger partial charge in [-0.3, -0.25) is 0 Å². The van der Waals surface area contributed by atoms with Gasteiger partial charge in [0.15, 0.2) is 0 Å². The molecule has 3 N–H and O–H groups in total. The van der Waals surface area contributed by atoms with Gasteiger partial charge in [-0.15, -0.1) is 0 Å². The van der Waals surface area contributed by atoms with Gasteiger partial charge in [-0.25, -0.2) is 4.39 Å². The van der Waals surface area contributed by atoms with Crippen molar-refractivity contribution in [1.29, 1.82) is 0 Å². The predicted octanol–water partition coefficient (Wildman–Crippen LogP) is -0.0264. The van der Waals surface area contributed by atoms with Crippen LogP contribution >= 0.6 is 15.9 Å². The van der Waals surface area contributed by atoms with Gasteiger partial charge in [0.25, 0.3) is 0 Å². The maximum atomic E-state index is 12.7. The first-order valence-corrected chi connectivity index (χ1v) is 3.86. The minimum absolute atomic E-state index is 0.141. The zero-order valence-corrected chi connectivity index (χ0v) is 7.42. The third-order valence-corrected chi connectivity index (χ3v) is 2.17. The first kappa shape index (κ1) is 9.50. The molecule has 0 aliphatic carbocycles. The topological polar surface area (TPSA) is 60.7 Å². The van der Waals surface area contributed by atoms with Crippen molar-refractivity contribution < 1.29 is 19.5 Å². The average Bonchev–Trinajstić information content (AvgIpc) is 1.97. The Balaban J connectivity index is 3.33. The summed E-state index contributed by atoms with van der Waals surface area (Å²) in [7, 11) is -1.89. The molecule has 0 atom stereocenters. The molecule has 0 heterocycles. The Morgan fingerprint density at radius 3 is 2.33 bits per heavy atom. The second-order valence-electron chi connectivity index (χ2n) is 2.17. The Kier molecular flexibility index (Phi) is 2.71. The lowest BCUT2D eigenvalue weighted by Gasteiger charge is -2.05. The van der Waals surface area contributed by atoms with Crippen LogP contribution in [-0.2, 0) is 0 Å². The first-order valence-electron chi connectivity index (χ1n) is 3.07. The van der Waals surface area contributed by atoms with Gasteiger partial charge in [0, 0.05) is 5.46 Å². The van der Waals surface area contributed by atoms with Gasteiger partial charge < -0.3 is 15.2 Å². The Bertz CT molecular complexity index is 305. The van der Waals surface area contributed by atoms with E-state index in [0.717, 1.165) is 12.1 Å². The second kappa shape index (κ2) is 3.43. The van der Waals surface area contributed by atoms with Crippen LogP contribution in [-0.4, -0.2) is 22.3 Å². The molecule has 1 aromatic rings. The van der Waals surface area contributed by atoms with Crippen molar-refractivity contribution in [3.8, 4) is 5.75 Å². The zero-order chi connectivity index (χ0) is 9.30. The smallest absolute Gasteiger partial charge is 0.493 e. The van der Waals surface area contributed by atoms with E-state index < -0.39 is 12.9 Å². The molecule has 0 bridgehead atoms. The number of hydrogen-bond donors (Lipinski definition) is 3. The maximum absolute atomic E-state index is 12.7. The molecule has 0 aliphatic heterocycles. The minimum Gasteiger partial charge on any atom is -0.508 e. The van der Waals surface area contributed by atoms with Crippen LogP contribution in [0.4, 0.5) is 4.39 Å². The van der Waals surface area contributed by atoms with Crippen molar-refractivity contribution >= 4 is 28.5 Å². The normalized spacial score (nSPS) is 10.0. The Morgan fingerprint density at radius 1 is 1.33 bits per heavy atom. The highest BCUT2D eigenvalue weighted by atomic mass is 79.9. The van der Waals surface area contributed by atoms with E-state index in [9.17, 15) is 4.39 Å². The number of hydrogen-bond acceptors (Lipinski definition) is 3. The Hall–Kier alpha value is -0.585. The van der Waals surface area contributed by atoms with Crippen molar-refractivity contribution in [1.82, 2.24) is 0 Å². The van der Waals surface area contributed by atoms with E-state index in [0.29, 0.717) is 0 Å². The standard InChI is InChI=1S/C6H5BBrFO3/c8-6-3(9)1-2-4(10)5(6)7(11)12/h1-2,10-12H. The van der Waals surface area contributed by atoms with E-state index in [-0.39, 0.29) is 15.7 Å². The van der Waals surface area contributed by atoms with Crippen molar-refractivity contribution in [2.45, 2.75) is 0 Å². The highest BCUT2D eigenvalue weighted by Crippen LogP contribution is 2.18. The predicted molar refractivity (Wildman–Crippen MR) is 45.6 cm³/mol. The van der Waals surface area contributed by atoms with Crippen LogP contribution in [0.15, 0.2) is 16.6 Å². The van der Waals surface area contributed by atoms with Gasteiger partial charge in [-0.05, 0) is 28.1 Å². The zero-order valence-electron chi connectivity index (χ0n) is 5.83. The van der Waals surface area contributed by atoms with Crippen LogP contribution < -0.4 is 5.46 Å². The fourth-order valence-corrected chi connectivity index (χ4v) is 1.34. The summed E-state index contributed by atoms with van der Waals surface area (Å²) >= 11 is 2.78. The Morgan fingerprint density at radius 2 is 1.92 bits per heavy atom. The number of aromatic hydroxyl groups is 1. The van der Waals surface area contributed by atoms with Crippen LogP contribution in [0.1, 0.15) is 0 Å². The van der Waals surface area contributed by atoms with Crippen LogP contribution in [0.25, 0.3) is 0 Å². The summed E-state index contributed by atoms with van der Waals surface area (Å²) in [6, 6.07) is 2.07. The van der Waals surface area contributed by atoms with Crippen LogP contribution in [0.3, 0.4) is 0 Å². The first-order chi connectivity index (χ1) is 5.54. The van der Waals surface area contributed by atoms with Crippen molar-refractivity contribution in [3.05, 3.63) is 22.4 Å². The molecule has 3 nitrogen and oxygen atoms in total. The quantitative estimate of drug-likeness (QED) is 0.599. The molecule has 0 radical (unpaired) electrons. The molecule has 0 aliphatic rings. The molecule has 1 rings (SSSR count). The van der Waals surface area contributed by atoms with Gasteiger partial charge in [-0.2, -0.15) is 0 Å². The van der Waals surface area contributed by atoms with Crippen molar-refractivity contribution in [2.24, 2.45) is 0 Å². The number of phenolic OH excluding ortho intramolecular Hbond substituents is 1. The van der Waals surface area contributed by atoms with Crippen molar-refractivity contribution in [2.75, 3.05) is 0 Å². The van der Waals surface area contributed by atoms with Gasteiger partial charge in [-0.1, -0.05) is 0 Å². The molecule has 12 heavy (non-hydrogen) atoms. The summed E-state index contributed by atoms with van der Waals surface area (Å²) in [6.45, 7) is 0. The molecule has 64 valence electrons. The third-order valence-electron chi connectivity index (χ3n) is 1.37. The summed E-state index contributed by atoms with van der Waals surface area (Å²) in [6.07, 6.45) is 0. The SMILES string of the molecule is OB(O)c1c(O)ccc(F)c1Br. The second-order valence-corrected chi connectivity index (χ2v) is 2.96. The lowest BCUT2D eigenvalue weighted by molar-refractivity contribution is 0.418. The lowest BCUT2D eigenvalue weighted by atomic mass is 9.79. The summed E-state index contributed by atoms with van der Waals surface area (Å²) in [4.78, 5) is 0. The molecular weight excluding hydrogens is 230 g/mol. The molecule has 0 unspecified atom stereocenters. The molecule has 1 aromatic carbocycles. The number of phenols is 1. The lowest BCUT2D eigenvalue weighted by Crippen LogP contribution is -2.31. The van der Waals surface area contributed by atoms with E-state index in [1.165, 1.54) is 0 Å². The van der Waals surface area contributed by atoms with Gasteiger partial charge in [0.05, 0.1) is 4.47 Å². The van der Waals surface area contributed by atoms with E-state index in [1.807, 2.05) is 0 Å². The molecule has 6 heteroatoms. The molecule has 0 saturated carbocycles. The van der Waals surface area contributed by atoms with Crippen LogP contribution in [0.2, 0.25) is 0 Å². The number of benzene rings is 1. The highest BCUT2D eigenvalue weighted by molar-refractivity contribution is 9.10. The fourth-order valence-electron chi connectivity index (χ4n) is 0.802. The third kappa shape index (κ3) is 1.60. The molecule has 0 spiro atoms. The van der Waals surface area contributed by atoms with E-state index >= 15 is 0 Å². The van der Waals surface area contributed by atoms with Gasteiger partial charge in [0.1, 0.15) is 11.6 Å². The highest BCUT2D eigenvalue weighted by Gasteiger charge is 2.21. The van der Waals surface area contributed by atoms with Gasteiger partial charge in [0.2, 0.25) is 0 Å². The summed E-state index contributed by atoms with van der Waals surface area (Å²) in [5.41, 5.74) is -0.269. The van der Waals surface area contributed by atoms with E-state index in [4.69, 9.17) is 15.2 Å². The molecular formula is C6H5BBrFO3. The van der Waals surface area contributed by atoms with Crippen molar-refractivity contribution in [3.63, 3.8) is 0 Å². The van der Waals surface area contributed by atoms with Gasteiger partial charge >= 0.3 is 7.12 Å². The summed E-state index contributed by atoms with van der Waals surface area (Å²) < 4.78 is 12.6. The van der Waals surface area contributed by atoms with Crippen LogP contribution in [0, 0.1) is 5.82 Å². The van der Waals surface area contributed by atoms with E-state index in [2.05, 4.69) is 15.9 Å². The summed E-state index contributed by atoms with van der Waals surface area (Å²) in [5.74, 6) is -1.02. The Labute approximate surface area is 76.7 Å². The monoisotopic (exact) mass is 234 g/mol. The largest absolute Gasteiger partial charge is 0.508 e. The minimum atomic E-state index is -1.89. The average molecular weight is 235 g/mol. The molecule has 0 saturated heterocycles. The summed E-state index contributed by atoms with van der Waals surface area (Å²) in [5, 5.41) is 26.5. The number of rotatable bonds is 1. The van der Waals surface area contributed by atoms with E-state index in [1.54, 1.807) is 0 Å². The molecule has 0 fully saturated rings. The molecule has 0 aromatic heterocycles. The van der Waals surface area contributed by atoms with Crippen LogP contribution in [0.5, 0.6) is 5.75 Å². The maximum Gasteiger partial charge on any atom is 0.493 e. The molecule has 0 amide bonds. The fraction of sp³-hybridized carbons (Fsp3) is 0.